The van der Waals surface area contributed by atoms with E-state index >= 15 is 0 Å². The number of phenolic OH excluding ortho intramolecular Hbond substituents is 1. The predicted octanol–water partition coefficient (Wildman–Crippen LogP) is 6.23. The molecule has 0 aliphatic carbocycles. The second kappa shape index (κ2) is 9.17. The molecule has 4 aromatic rings. The number of aromatic hydroxyl groups is 1. The van der Waals surface area contributed by atoms with Crippen molar-refractivity contribution in [3.8, 4) is 11.4 Å². The maximum Gasteiger partial charge on any atom is 0.323 e. The summed E-state index contributed by atoms with van der Waals surface area (Å²) in [7, 11) is 0. The first-order chi connectivity index (χ1) is 15.4. The van der Waals surface area contributed by atoms with E-state index < -0.39 is 0 Å². The third kappa shape index (κ3) is 4.77. The van der Waals surface area contributed by atoms with Crippen molar-refractivity contribution >= 4 is 47.8 Å². The summed E-state index contributed by atoms with van der Waals surface area (Å²) in [5, 5.41) is 15.2. The number of carbonyl (C=O) groups is 1. The van der Waals surface area contributed by atoms with Crippen LogP contribution >= 0.6 is 24.8 Å². The number of urea groups is 1. The largest absolute Gasteiger partial charge is 0.508 e. The lowest BCUT2D eigenvalue weighted by Gasteiger charge is -2.13. The molecule has 2 amide bonds. The number of aromatic nitrogens is 2. The zero-order valence-corrected chi connectivity index (χ0v) is 18.6. The third-order valence-electron chi connectivity index (χ3n) is 4.83. The number of amides is 2. The number of hydrogen-bond acceptors (Lipinski definition) is 4. The van der Waals surface area contributed by atoms with Crippen LogP contribution in [0.2, 0.25) is 0 Å². The van der Waals surface area contributed by atoms with Crippen molar-refractivity contribution in [2.75, 3.05) is 10.6 Å². The molecule has 0 aliphatic heterocycles. The molecular weight excluding hydrogens is 440 g/mol. The second-order valence-corrected chi connectivity index (χ2v) is 7.89. The minimum absolute atomic E-state index is 0.183. The molecule has 3 aromatic carbocycles. The normalized spacial score (nSPS) is 10.5. The maximum atomic E-state index is 12.6. The van der Waals surface area contributed by atoms with Gasteiger partial charge in [0.05, 0.1) is 0 Å². The Morgan fingerprint density at radius 2 is 1.75 bits per heavy atom. The monoisotopic (exact) mass is 460 g/mol. The Morgan fingerprint density at radius 1 is 1.03 bits per heavy atom. The number of thiol groups is 1. The van der Waals surface area contributed by atoms with E-state index in [-0.39, 0.29) is 11.8 Å². The van der Waals surface area contributed by atoms with Gasteiger partial charge in [-0.25, -0.2) is 4.79 Å². The van der Waals surface area contributed by atoms with Gasteiger partial charge in [-0.05, 0) is 77.4 Å². The van der Waals surface area contributed by atoms with Gasteiger partial charge in [0.15, 0.2) is 4.77 Å². The number of nitrogens with zero attached hydrogens (tertiary/aromatic N) is 1. The lowest BCUT2D eigenvalue weighted by molar-refractivity contribution is 0.262. The fourth-order valence-electron chi connectivity index (χ4n) is 3.22. The van der Waals surface area contributed by atoms with Crippen molar-refractivity contribution in [2.45, 2.75) is 4.90 Å². The Morgan fingerprint density at radius 3 is 2.44 bits per heavy atom. The second-order valence-electron chi connectivity index (χ2n) is 7.02. The molecule has 0 saturated carbocycles. The summed E-state index contributed by atoms with van der Waals surface area (Å²) in [6.07, 6.45) is 3.58. The Balaban J connectivity index is 1.50. The van der Waals surface area contributed by atoms with Crippen molar-refractivity contribution in [1.82, 2.24) is 9.55 Å². The quantitative estimate of drug-likeness (QED) is 0.181. The first-order valence-electron chi connectivity index (χ1n) is 9.67. The van der Waals surface area contributed by atoms with Crippen molar-refractivity contribution in [2.24, 2.45) is 0 Å². The average molecular weight is 461 g/mol. The van der Waals surface area contributed by atoms with Crippen molar-refractivity contribution in [1.29, 1.82) is 0 Å². The Labute approximate surface area is 195 Å². The van der Waals surface area contributed by atoms with Gasteiger partial charge in [-0.3, -0.25) is 4.57 Å². The summed E-state index contributed by atoms with van der Waals surface area (Å²) in [5.41, 5.74) is 4.42. The highest BCUT2D eigenvalue weighted by Gasteiger charge is 2.10. The lowest BCUT2D eigenvalue weighted by atomic mass is 9.99. The van der Waals surface area contributed by atoms with E-state index in [1.807, 2.05) is 35.0 Å². The highest BCUT2D eigenvalue weighted by molar-refractivity contribution is 7.80. The first kappa shape index (κ1) is 21.5. The van der Waals surface area contributed by atoms with Crippen molar-refractivity contribution < 1.29 is 9.90 Å². The standard InChI is InChI=1S/C24H20N4O2S2/c1-15(16-5-8-20(29)9-6-16)21-14-18(7-10-22(21)31)27-23(30)26-17-3-2-4-19(13-17)28-12-11-25-24(28)32/h2-14,29,31H,1H2,(H,25,32)(H2,26,27,30). The fourth-order valence-corrected chi connectivity index (χ4v) is 3.73. The number of rotatable bonds is 5. The van der Waals surface area contributed by atoms with Crippen LogP contribution in [0, 0.1) is 4.77 Å². The SMILES string of the molecule is C=C(c1ccc(O)cc1)c1cc(NC(=O)Nc2cccc(-n3cc[nH]c3=S)c2)ccc1S. The number of aromatic amines is 1. The summed E-state index contributed by atoms with van der Waals surface area (Å²) in [6.45, 7) is 4.14. The molecule has 0 aliphatic rings. The minimum Gasteiger partial charge on any atom is -0.508 e. The third-order valence-corrected chi connectivity index (χ3v) is 5.53. The lowest BCUT2D eigenvalue weighted by Crippen LogP contribution is -2.19. The van der Waals surface area contributed by atoms with Gasteiger partial charge in [0.1, 0.15) is 5.75 Å². The van der Waals surface area contributed by atoms with Gasteiger partial charge in [-0.1, -0.05) is 24.8 Å². The van der Waals surface area contributed by atoms with E-state index in [1.165, 1.54) is 0 Å². The van der Waals surface area contributed by atoms with Crippen LogP contribution in [0.5, 0.6) is 5.75 Å². The zero-order valence-electron chi connectivity index (χ0n) is 16.9. The highest BCUT2D eigenvalue weighted by Crippen LogP contribution is 2.30. The molecular formula is C24H20N4O2S2. The molecule has 0 bridgehead atoms. The molecule has 0 saturated heterocycles. The number of phenols is 1. The van der Waals surface area contributed by atoms with Crippen LogP contribution in [0.1, 0.15) is 11.1 Å². The van der Waals surface area contributed by atoms with Gasteiger partial charge in [-0.2, -0.15) is 0 Å². The number of benzene rings is 3. The summed E-state index contributed by atoms with van der Waals surface area (Å²) in [5.74, 6) is 0.183. The van der Waals surface area contributed by atoms with Crippen LogP contribution in [-0.2, 0) is 0 Å². The fraction of sp³-hybridized carbons (Fsp3) is 0. The van der Waals surface area contributed by atoms with E-state index in [9.17, 15) is 9.90 Å². The molecule has 1 heterocycles. The minimum atomic E-state index is -0.382. The molecule has 8 heteroatoms. The highest BCUT2D eigenvalue weighted by atomic mass is 32.1. The van der Waals surface area contributed by atoms with E-state index in [2.05, 4.69) is 34.8 Å². The van der Waals surface area contributed by atoms with Crippen molar-refractivity contribution in [3.63, 3.8) is 0 Å². The maximum absolute atomic E-state index is 12.6. The van der Waals surface area contributed by atoms with Crippen LogP contribution < -0.4 is 10.6 Å². The molecule has 6 nitrogen and oxygen atoms in total. The van der Waals surface area contributed by atoms with Crippen molar-refractivity contribution in [3.05, 3.63) is 102 Å². The Hall–Kier alpha value is -3.75. The number of H-pyrrole nitrogens is 1. The molecule has 1 aromatic heterocycles. The molecule has 0 radical (unpaired) electrons. The topological polar surface area (TPSA) is 82.1 Å². The van der Waals surface area contributed by atoms with E-state index in [1.54, 1.807) is 48.7 Å². The number of imidazole rings is 1. The summed E-state index contributed by atoms with van der Waals surface area (Å²) in [6, 6.07) is 19.1. The number of carbonyl (C=O) groups excluding carboxylic acids is 1. The summed E-state index contributed by atoms with van der Waals surface area (Å²) < 4.78 is 2.38. The average Bonchev–Trinajstić information content (AvgIpc) is 3.21. The Bertz CT molecular complexity index is 1360. The Kier molecular flexibility index (Phi) is 6.16. The molecule has 0 unspecified atom stereocenters. The van der Waals surface area contributed by atoms with Crippen LogP contribution in [0.3, 0.4) is 0 Å². The number of anilines is 2. The van der Waals surface area contributed by atoms with Gasteiger partial charge >= 0.3 is 6.03 Å². The molecule has 4 N–H and O–H groups in total. The first-order valence-corrected chi connectivity index (χ1v) is 10.5. The molecule has 0 spiro atoms. The van der Waals surface area contributed by atoms with Gasteiger partial charge in [0.2, 0.25) is 0 Å². The summed E-state index contributed by atoms with van der Waals surface area (Å²) >= 11 is 9.78. The number of hydrogen-bond donors (Lipinski definition) is 5. The van der Waals surface area contributed by atoms with Crippen LogP contribution in [0.25, 0.3) is 11.3 Å². The van der Waals surface area contributed by atoms with Crippen LogP contribution in [0.15, 0.2) is 90.6 Å². The van der Waals surface area contributed by atoms with Crippen LogP contribution in [0.4, 0.5) is 16.2 Å². The van der Waals surface area contributed by atoms with E-state index in [0.717, 1.165) is 27.3 Å². The molecule has 4 rings (SSSR count). The van der Waals surface area contributed by atoms with Crippen LogP contribution in [-0.4, -0.2) is 20.7 Å². The van der Waals surface area contributed by atoms with E-state index in [4.69, 9.17) is 12.2 Å². The molecule has 160 valence electrons. The predicted molar refractivity (Wildman–Crippen MR) is 134 cm³/mol. The van der Waals surface area contributed by atoms with Gasteiger partial charge in [-0.15, -0.1) is 12.6 Å². The van der Waals surface area contributed by atoms with Gasteiger partial charge in [0, 0.05) is 34.4 Å². The van der Waals surface area contributed by atoms with Gasteiger partial charge < -0.3 is 20.7 Å². The molecule has 0 fully saturated rings. The number of nitrogens with one attached hydrogen (secondary N) is 3. The van der Waals surface area contributed by atoms with E-state index in [0.29, 0.717) is 16.1 Å². The summed E-state index contributed by atoms with van der Waals surface area (Å²) in [4.78, 5) is 16.3. The smallest absolute Gasteiger partial charge is 0.323 e. The molecule has 0 atom stereocenters. The zero-order chi connectivity index (χ0) is 22.7. The molecule has 32 heavy (non-hydrogen) atoms. The van der Waals surface area contributed by atoms with Gasteiger partial charge in [0.25, 0.3) is 0 Å².